The Bertz CT molecular complexity index is 138. The normalized spacial score (nSPS) is 13.1. The van der Waals surface area contributed by atoms with E-state index in [-0.39, 0.29) is 6.04 Å². The van der Waals surface area contributed by atoms with Crippen molar-refractivity contribution in [2.45, 2.75) is 26.3 Å². The lowest BCUT2D eigenvalue weighted by molar-refractivity contribution is 0.493. The first kappa shape index (κ1) is 10.4. The first-order valence-electron chi connectivity index (χ1n) is 3.98. The van der Waals surface area contributed by atoms with E-state index in [4.69, 9.17) is 5.41 Å². The van der Waals surface area contributed by atoms with Crippen LogP contribution in [0.4, 0.5) is 0 Å². The summed E-state index contributed by atoms with van der Waals surface area (Å²) in [5.74, 6) is 0.643. The zero-order valence-corrected chi connectivity index (χ0v) is 7.65. The fourth-order valence-corrected chi connectivity index (χ4v) is 1.03. The second-order valence-corrected chi connectivity index (χ2v) is 3.19. The van der Waals surface area contributed by atoms with Gasteiger partial charge in [-0.3, -0.25) is 0 Å². The minimum Gasteiger partial charge on any atom is -0.313 e. The van der Waals surface area contributed by atoms with Crippen LogP contribution < -0.4 is 5.32 Å². The van der Waals surface area contributed by atoms with Gasteiger partial charge in [0.15, 0.2) is 0 Å². The lowest BCUT2D eigenvalue weighted by atomic mass is 9.99. The van der Waals surface area contributed by atoms with Crippen LogP contribution in [-0.2, 0) is 0 Å². The van der Waals surface area contributed by atoms with Gasteiger partial charge in [-0.05, 0) is 25.0 Å². The third-order valence-electron chi connectivity index (χ3n) is 1.69. The molecule has 1 unspecified atom stereocenters. The molecule has 0 spiro atoms. The number of hydrogen-bond donors (Lipinski definition) is 2. The van der Waals surface area contributed by atoms with Crippen molar-refractivity contribution in [1.82, 2.24) is 5.32 Å². The highest BCUT2D eigenvalue weighted by Gasteiger charge is 2.09. The second kappa shape index (κ2) is 5.08. The molecule has 0 aromatic heterocycles. The van der Waals surface area contributed by atoms with Crippen molar-refractivity contribution in [1.29, 1.82) is 5.41 Å². The predicted molar refractivity (Wildman–Crippen MR) is 50.2 cm³/mol. The fraction of sp³-hybridized carbons (Fsp3) is 0.667. The Hall–Kier alpha value is -0.630. The second-order valence-electron chi connectivity index (χ2n) is 3.19. The van der Waals surface area contributed by atoms with Crippen LogP contribution in [0.3, 0.4) is 0 Å². The zero-order valence-electron chi connectivity index (χ0n) is 7.65. The standard InChI is InChI=1S/C9H18N2/c1-7(2)5-9(11-4)8(3)6-10/h6-7,9-11H,3,5H2,1-2,4H3. The maximum atomic E-state index is 7.02. The van der Waals surface area contributed by atoms with Crippen LogP contribution in [0.1, 0.15) is 20.3 Å². The van der Waals surface area contributed by atoms with Gasteiger partial charge in [-0.25, -0.2) is 0 Å². The van der Waals surface area contributed by atoms with Crippen LogP contribution in [0.15, 0.2) is 12.2 Å². The van der Waals surface area contributed by atoms with Gasteiger partial charge in [-0.2, -0.15) is 0 Å². The monoisotopic (exact) mass is 154 g/mol. The summed E-state index contributed by atoms with van der Waals surface area (Å²) in [5, 5.41) is 10.2. The van der Waals surface area contributed by atoms with Crippen LogP contribution in [-0.4, -0.2) is 19.3 Å². The highest BCUT2D eigenvalue weighted by molar-refractivity contribution is 5.76. The molecule has 0 aromatic carbocycles. The first-order chi connectivity index (χ1) is 5.11. The van der Waals surface area contributed by atoms with Crippen LogP contribution >= 0.6 is 0 Å². The molecule has 0 amide bonds. The lowest BCUT2D eigenvalue weighted by Gasteiger charge is -2.17. The number of hydrogen-bond acceptors (Lipinski definition) is 2. The van der Waals surface area contributed by atoms with Gasteiger partial charge < -0.3 is 10.7 Å². The molecule has 2 N–H and O–H groups in total. The van der Waals surface area contributed by atoms with E-state index in [1.165, 1.54) is 6.21 Å². The first-order valence-corrected chi connectivity index (χ1v) is 3.98. The fourth-order valence-electron chi connectivity index (χ4n) is 1.03. The highest BCUT2D eigenvalue weighted by Crippen LogP contribution is 2.09. The van der Waals surface area contributed by atoms with Crippen molar-refractivity contribution in [3.63, 3.8) is 0 Å². The summed E-state index contributed by atoms with van der Waals surface area (Å²) >= 11 is 0. The summed E-state index contributed by atoms with van der Waals surface area (Å²) in [5.41, 5.74) is 0.862. The molecule has 64 valence electrons. The third kappa shape index (κ3) is 3.94. The average Bonchev–Trinajstić information content (AvgIpc) is 1.98. The molecule has 0 rings (SSSR count). The molecule has 0 aliphatic carbocycles. The summed E-state index contributed by atoms with van der Waals surface area (Å²) in [6, 6.07) is 0.271. The predicted octanol–water partition coefficient (Wildman–Crippen LogP) is 1.83. The summed E-state index contributed by atoms with van der Waals surface area (Å²) in [6.07, 6.45) is 2.37. The van der Waals surface area contributed by atoms with E-state index in [2.05, 4.69) is 25.7 Å². The lowest BCUT2D eigenvalue weighted by Crippen LogP contribution is -2.28. The molecule has 0 aliphatic rings. The van der Waals surface area contributed by atoms with Crippen LogP contribution in [0.5, 0.6) is 0 Å². The minimum atomic E-state index is 0.271. The molecular formula is C9H18N2. The molecule has 0 fully saturated rings. The van der Waals surface area contributed by atoms with E-state index in [1.54, 1.807) is 0 Å². The number of rotatable bonds is 5. The van der Waals surface area contributed by atoms with Gasteiger partial charge in [-0.1, -0.05) is 20.4 Å². The Morgan fingerprint density at radius 1 is 1.64 bits per heavy atom. The van der Waals surface area contributed by atoms with Crippen molar-refractivity contribution in [3.05, 3.63) is 12.2 Å². The van der Waals surface area contributed by atoms with Crippen molar-refractivity contribution in [3.8, 4) is 0 Å². The molecule has 2 heteroatoms. The molecule has 0 heterocycles. The van der Waals surface area contributed by atoms with Gasteiger partial charge >= 0.3 is 0 Å². The van der Waals surface area contributed by atoms with Crippen molar-refractivity contribution >= 4 is 6.21 Å². The highest BCUT2D eigenvalue weighted by atomic mass is 14.9. The van der Waals surface area contributed by atoms with E-state index in [9.17, 15) is 0 Å². The topological polar surface area (TPSA) is 35.9 Å². The zero-order chi connectivity index (χ0) is 8.85. The van der Waals surface area contributed by atoms with E-state index >= 15 is 0 Å². The Morgan fingerprint density at radius 3 is 2.45 bits per heavy atom. The molecule has 1 atom stereocenters. The molecular weight excluding hydrogens is 136 g/mol. The molecule has 0 aromatic rings. The Balaban J connectivity index is 3.94. The van der Waals surface area contributed by atoms with Crippen LogP contribution in [0, 0.1) is 11.3 Å². The van der Waals surface area contributed by atoms with Gasteiger partial charge in [0.1, 0.15) is 0 Å². The van der Waals surface area contributed by atoms with Crippen molar-refractivity contribution < 1.29 is 0 Å². The van der Waals surface area contributed by atoms with Gasteiger partial charge in [0.05, 0.1) is 0 Å². The molecule has 2 nitrogen and oxygen atoms in total. The van der Waals surface area contributed by atoms with E-state index < -0.39 is 0 Å². The quantitative estimate of drug-likeness (QED) is 0.582. The molecule has 0 aliphatic heterocycles. The maximum Gasteiger partial charge on any atom is 0.0329 e. The number of likely N-dealkylation sites (N-methyl/N-ethyl adjacent to an activating group) is 1. The molecule has 0 bridgehead atoms. The summed E-state index contributed by atoms with van der Waals surface area (Å²) in [4.78, 5) is 0. The van der Waals surface area contributed by atoms with Crippen molar-refractivity contribution in [2.75, 3.05) is 7.05 Å². The van der Waals surface area contributed by atoms with E-state index in [0.717, 1.165) is 12.0 Å². The van der Waals surface area contributed by atoms with Crippen molar-refractivity contribution in [2.24, 2.45) is 5.92 Å². The van der Waals surface area contributed by atoms with Gasteiger partial charge in [-0.15, -0.1) is 0 Å². The van der Waals surface area contributed by atoms with Crippen LogP contribution in [0.2, 0.25) is 0 Å². The molecule has 0 radical (unpaired) electrons. The SMILES string of the molecule is C=C(C=N)C(CC(C)C)NC. The Kier molecular flexibility index (Phi) is 4.79. The molecule has 11 heavy (non-hydrogen) atoms. The van der Waals surface area contributed by atoms with Gasteiger partial charge in [0.25, 0.3) is 0 Å². The summed E-state index contributed by atoms with van der Waals surface area (Å²) in [6.45, 7) is 8.13. The summed E-state index contributed by atoms with van der Waals surface area (Å²) in [7, 11) is 1.90. The van der Waals surface area contributed by atoms with E-state index in [1.807, 2.05) is 7.05 Å². The smallest absolute Gasteiger partial charge is 0.0329 e. The largest absolute Gasteiger partial charge is 0.313 e. The summed E-state index contributed by atoms with van der Waals surface area (Å²) < 4.78 is 0. The minimum absolute atomic E-state index is 0.271. The van der Waals surface area contributed by atoms with Gasteiger partial charge in [0.2, 0.25) is 0 Å². The Labute approximate surface area is 69.2 Å². The van der Waals surface area contributed by atoms with Crippen LogP contribution in [0.25, 0.3) is 0 Å². The Morgan fingerprint density at radius 2 is 2.18 bits per heavy atom. The van der Waals surface area contributed by atoms with E-state index in [0.29, 0.717) is 5.92 Å². The number of nitrogens with one attached hydrogen (secondary N) is 2. The third-order valence-corrected chi connectivity index (χ3v) is 1.69. The average molecular weight is 154 g/mol. The maximum absolute atomic E-state index is 7.02. The van der Waals surface area contributed by atoms with Gasteiger partial charge in [0, 0.05) is 12.3 Å². The molecule has 0 saturated carbocycles. The molecule has 0 saturated heterocycles.